The molecule has 1 atom stereocenters. The number of aromatic amines is 1. The Morgan fingerprint density at radius 2 is 2.04 bits per heavy atom. The van der Waals surface area contributed by atoms with Crippen LogP contribution in [0.15, 0.2) is 30.5 Å². The Morgan fingerprint density at radius 1 is 1.30 bits per heavy atom. The third-order valence-electron chi connectivity index (χ3n) is 3.39. The van der Waals surface area contributed by atoms with Gasteiger partial charge < -0.3 is 20.8 Å². The van der Waals surface area contributed by atoms with E-state index in [0.717, 1.165) is 10.9 Å². The molecule has 0 fully saturated rings. The Hall–Kier alpha value is -2.83. The molecular formula is C16H19N3O4. The summed E-state index contributed by atoms with van der Waals surface area (Å²) in [4.78, 5) is 37.6. The average molecular weight is 317 g/mol. The Bertz CT molecular complexity index is 723. The summed E-state index contributed by atoms with van der Waals surface area (Å²) < 4.78 is 5.15. The second kappa shape index (κ2) is 7.44. The average Bonchev–Trinajstić information content (AvgIpc) is 2.94. The number of esters is 1. The van der Waals surface area contributed by atoms with E-state index in [1.54, 1.807) is 13.1 Å². The van der Waals surface area contributed by atoms with Gasteiger partial charge in [-0.15, -0.1) is 0 Å². The predicted molar refractivity (Wildman–Crippen MR) is 85.0 cm³/mol. The van der Waals surface area contributed by atoms with Crippen LogP contribution in [0, 0.1) is 0 Å². The fourth-order valence-electron chi connectivity index (χ4n) is 2.25. The number of rotatable bonds is 7. The normalized spacial score (nSPS) is 11.9. The van der Waals surface area contributed by atoms with Crippen LogP contribution in [0.5, 0.6) is 0 Å². The van der Waals surface area contributed by atoms with E-state index in [0.29, 0.717) is 12.0 Å². The Labute approximate surface area is 133 Å². The number of ketones is 1. The van der Waals surface area contributed by atoms with Crippen molar-refractivity contribution in [3.8, 4) is 0 Å². The summed E-state index contributed by atoms with van der Waals surface area (Å²) in [5.74, 6) is -0.747. The molecule has 7 nitrogen and oxygen atoms in total. The van der Waals surface area contributed by atoms with Crippen molar-refractivity contribution in [1.82, 2.24) is 10.3 Å². The molecule has 2 aromatic rings. The van der Waals surface area contributed by atoms with Crippen molar-refractivity contribution in [1.29, 1.82) is 0 Å². The molecule has 0 bridgehead atoms. The summed E-state index contributed by atoms with van der Waals surface area (Å²) in [5.41, 5.74) is 6.27. The maximum atomic E-state index is 12.4. The summed E-state index contributed by atoms with van der Waals surface area (Å²) >= 11 is 0. The fourth-order valence-corrected chi connectivity index (χ4v) is 2.25. The smallest absolute Gasteiger partial charge is 0.312 e. The van der Waals surface area contributed by atoms with Gasteiger partial charge in [0.15, 0.2) is 6.10 Å². The molecule has 1 aromatic carbocycles. The van der Waals surface area contributed by atoms with Crippen molar-refractivity contribution in [2.24, 2.45) is 5.73 Å². The number of benzene rings is 1. The minimum atomic E-state index is -0.870. The van der Waals surface area contributed by atoms with Crippen LogP contribution >= 0.6 is 0 Å². The van der Waals surface area contributed by atoms with Gasteiger partial charge in [-0.25, -0.2) is 4.79 Å². The molecule has 2 amide bonds. The van der Waals surface area contributed by atoms with E-state index in [1.807, 2.05) is 24.3 Å². The van der Waals surface area contributed by atoms with Crippen LogP contribution in [0.1, 0.15) is 30.1 Å². The van der Waals surface area contributed by atoms with E-state index in [2.05, 4.69) is 10.3 Å². The lowest BCUT2D eigenvalue weighted by atomic mass is 10.1. The van der Waals surface area contributed by atoms with Gasteiger partial charge >= 0.3 is 12.0 Å². The van der Waals surface area contributed by atoms with Crippen LogP contribution < -0.4 is 11.1 Å². The number of carbonyl (C=O) groups excluding carboxylic acids is 3. The van der Waals surface area contributed by atoms with Crippen molar-refractivity contribution < 1.29 is 19.1 Å². The van der Waals surface area contributed by atoms with E-state index in [1.165, 1.54) is 0 Å². The van der Waals surface area contributed by atoms with E-state index >= 15 is 0 Å². The fraction of sp³-hybridized carbons (Fsp3) is 0.312. The quantitative estimate of drug-likeness (QED) is 0.410. The van der Waals surface area contributed by atoms with Crippen molar-refractivity contribution in [2.45, 2.75) is 25.9 Å². The van der Waals surface area contributed by atoms with E-state index in [4.69, 9.17) is 10.5 Å². The predicted octanol–water partition coefficient (Wildman–Crippen LogP) is 1.73. The van der Waals surface area contributed by atoms with Gasteiger partial charge in [0.1, 0.15) is 0 Å². The number of nitrogens with one attached hydrogen (secondary N) is 2. The Kier molecular flexibility index (Phi) is 5.35. The second-order valence-corrected chi connectivity index (χ2v) is 5.14. The molecule has 0 aliphatic carbocycles. The zero-order chi connectivity index (χ0) is 16.8. The molecule has 7 heteroatoms. The third kappa shape index (κ3) is 4.32. The van der Waals surface area contributed by atoms with Crippen molar-refractivity contribution in [2.75, 3.05) is 6.54 Å². The molecule has 1 heterocycles. The van der Waals surface area contributed by atoms with Gasteiger partial charge in [0, 0.05) is 35.6 Å². The molecular weight excluding hydrogens is 298 g/mol. The highest BCUT2D eigenvalue weighted by molar-refractivity contribution is 6.10. The van der Waals surface area contributed by atoms with Gasteiger partial charge in [0.2, 0.25) is 5.78 Å². The van der Waals surface area contributed by atoms with Crippen LogP contribution in [0.2, 0.25) is 0 Å². The highest BCUT2D eigenvalue weighted by Crippen LogP contribution is 2.20. The zero-order valence-electron chi connectivity index (χ0n) is 12.8. The number of urea groups is 1. The highest BCUT2D eigenvalue weighted by Gasteiger charge is 2.21. The molecule has 0 saturated carbocycles. The standard InChI is InChI=1S/C16H19N3O4/c1-10(23-14(20)7-4-8-18-16(17)22)15(21)12-9-19-13-6-3-2-5-11(12)13/h2-3,5-6,9-10,19H,4,7-8H2,1H3,(H3,17,18,22). The molecule has 0 spiro atoms. The molecule has 0 radical (unpaired) electrons. The number of nitrogens with two attached hydrogens (primary N) is 1. The number of aromatic nitrogens is 1. The first-order valence-electron chi connectivity index (χ1n) is 7.32. The first-order chi connectivity index (χ1) is 11.0. The number of ether oxygens (including phenoxy) is 1. The zero-order valence-corrected chi connectivity index (χ0v) is 12.8. The molecule has 0 saturated heterocycles. The van der Waals surface area contributed by atoms with Crippen molar-refractivity contribution >= 4 is 28.7 Å². The molecule has 0 aliphatic heterocycles. The highest BCUT2D eigenvalue weighted by atomic mass is 16.5. The topological polar surface area (TPSA) is 114 Å². The molecule has 23 heavy (non-hydrogen) atoms. The largest absolute Gasteiger partial charge is 0.454 e. The summed E-state index contributed by atoms with van der Waals surface area (Å²) in [5, 5.41) is 3.18. The first kappa shape index (κ1) is 16.5. The van der Waals surface area contributed by atoms with Crippen LogP contribution in [0.25, 0.3) is 10.9 Å². The van der Waals surface area contributed by atoms with Gasteiger partial charge in [-0.05, 0) is 19.4 Å². The first-order valence-corrected chi connectivity index (χ1v) is 7.32. The second-order valence-electron chi connectivity index (χ2n) is 5.14. The lowest BCUT2D eigenvalue weighted by Gasteiger charge is -2.12. The monoisotopic (exact) mass is 317 g/mol. The minimum absolute atomic E-state index is 0.103. The van der Waals surface area contributed by atoms with E-state index < -0.39 is 18.1 Å². The SMILES string of the molecule is CC(OC(=O)CCCNC(N)=O)C(=O)c1c[nH]c2ccccc12. The number of para-hydroxylation sites is 1. The van der Waals surface area contributed by atoms with Crippen molar-refractivity contribution in [3.05, 3.63) is 36.0 Å². The summed E-state index contributed by atoms with van der Waals surface area (Å²) in [6, 6.07) is 6.78. The minimum Gasteiger partial charge on any atom is -0.454 e. The molecule has 1 aromatic heterocycles. The number of H-pyrrole nitrogens is 1. The van der Waals surface area contributed by atoms with Crippen LogP contribution in [0.3, 0.4) is 0 Å². The van der Waals surface area contributed by atoms with Gasteiger partial charge in [-0.3, -0.25) is 9.59 Å². The maximum absolute atomic E-state index is 12.4. The molecule has 0 aliphatic rings. The lowest BCUT2D eigenvalue weighted by Crippen LogP contribution is -2.30. The van der Waals surface area contributed by atoms with Gasteiger partial charge in [-0.2, -0.15) is 0 Å². The summed E-state index contributed by atoms with van der Waals surface area (Å²) in [6.45, 7) is 1.83. The number of primary amides is 1. The molecule has 1 unspecified atom stereocenters. The van der Waals surface area contributed by atoms with Crippen LogP contribution in [-0.2, 0) is 9.53 Å². The summed E-state index contributed by atoms with van der Waals surface area (Å²) in [6.07, 6.45) is 1.25. The number of amides is 2. The van der Waals surface area contributed by atoms with E-state index in [9.17, 15) is 14.4 Å². The lowest BCUT2D eigenvalue weighted by molar-refractivity contribution is -0.146. The number of hydrogen-bond acceptors (Lipinski definition) is 4. The molecule has 4 N–H and O–H groups in total. The number of carbonyl (C=O) groups is 3. The Balaban J connectivity index is 1.90. The van der Waals surface area contributed by atoms with E-state index in [-0.39, 0.29) is 18.7 Å². The number of hydrogen-bond donors (Lipinski definition) is 3. The van der Waals surface area contributed by atoms with Gasteiger partial charge in [0.05, 0.1) is 0 Å². The Morgan fingerprint density at radius 3 is 2.78 bits per heavy atom. The van der Waals surface area contributed by atoms with Crippen LogP contribution in [0.4, 0.5) is 4.79 Å². The number of Topliss-reactive ketones (excluding diaryl/α,β-unsaturated/α-hetero) is 1. The number of fused-ring (bicyclic) bond motifs is 1. The summed E-state index contributed by atoms with van der Waals surface area (Å²) in [7, 11) is 0. The maximum Gasteiger partial charge on any atom is 0.312 e. The van der Waals surface area contributed by atoms with Crippen LogP contribution in [-0.4, -0.2) is 35.4 Å². The van der Waals surface area contributed by atoms with Gasteiger partial charge in [0.25, 0.3) is 0 Å². The third-order valence-corrected chi connectivity index (χ3v) is 3.39. The molecule has 122 valence electrons. The van der Waals surface area contributed by atoms with Gasteiger partial charge in [-0.1, -0.05) is 18.2 Å². The molecule has 2 rings (SSSR count). The van der Waals surface area contributed by atoms with Crippen molar-refractivity contribution in [3.63, 3.8) is 0 Å².